The van der Waals surface area contributed by atoms with Crippen molar-refractivity contribution in [2.24, 2.45) is 5.92 Å². The predicted octanol–water partition coefficient (Wildman–Crippen LogP) is 4.84. The molecule has 1 amide bonds. The van der Waals surface area contributed by atoms with Gasteiger partial charge in [-0.2, -0.15) is 5.10 Å². The quantitative estimate of drug-likeness (QED) is 0.638. The Kier molecular flexibility index (Phi) is 7.35. The number of likely N-dealkylation sites (tertiary alicyclic amines) is 1. The topological polar surface area (TPSA) is 50.2 Å². The minimum atomic E-state index is 0.0791. The molecule has 30 heavy (non-hydrogen) atoms. The molecule has 5 heteroatoms. The van der Waals surface area contributed by atoms with Gasteiger partial charge in [0, 0.05) is 32.1 Å². The van der Waals surface area contributed by atoms with Crippen LogP contribution in [-0.2, 0) is 11.2 Å². The molecule has 1 aromatic carbocycles. The number of aryl methyl sites for hydroxylation is 1. The van der Waals surface area contributed by atoms with Crippen molar-refractivity contribution in [2.45, 2.75) is 57.4 Å². The van der Waals surface area contributed by atoms with Crippen molar-refractivity contribution in [3.8, 4) is 0 Å². The van der Waals surface area contributed by atoms with Gasteiger partial charge in [-0.05, 0) is 56.4 Å². The van der Waals surface area contributed by atoms with Gasteiger partial charge < -0.3 is 10.2 Å². The van der Waals surface area contributed by atoms with Crippen LogP contribution in [0.4, 0.5) is 5.82 Å². The number of hydrogen-bond donors (Lipinski definition) is 1. The molecule has 2 aliphatic rings. The number of carbonyl (C=O) groups is 1. The Balaban J connectivity index is 1.22. The molecule has 1 aliphatic heterocycles. The van der Waals surface area contributed by atoms with Crippen molar-refractivity contribution in [3.63, 3.8) is 0 Å². The maximum absolute atomic E-state index is 12.4. The third kappa shape index (κ3) is 5.82. The molecule has 1 saturated heterocycles. The number of piperidine rings is 1. The number of aromatic nitrogens is 2. The highest BCUT2D eigenvalue weighted by Gasteiger charge is 2.24. The molecule has 4 rings (SSSR count). The van der Waals surface area contributed by atoms with Gasteiger partial charge >= 0.3 is 0 Å². The van der Waals surface area contributed by atoms with Crippen molar-refractivity contribution < 1.29 is 4.79 Å². The lowest BCUT2D eigenvalue weighted by atomic mass is 9.93. The van der Waals surface area contributed by atoms with E-state index in [2.05, 4.69) is 39.6 Å². The van der Waals surface area contributed by atoms with Crippen LogP contribution in [0.1, 0.15) is 56.6 Å². The van der Waals surface area contributed by atoms with E-state index < -0.39 is 0 Å². The Bertz CT molecular complexity index is 821. The minimum absolute atomic E-state index is 0.0791. The van der Waals surface area contributed by atoms with Gasteiger partial charge in [0.2, 0.25) is 5.91 Å². The van der Waals surface area contributed by atoms with Gasteiger partial charge in [0.05, 0.1) is 12.2 Å². The molecule has 1 N–H and O–H groups in total. The molecule has 1 unspecified atom stereocenters. The van der Waals surface area contributed by atoms with Crippen molar-refractivity contribution in [3.05, 3.63) is 60.3 Å². The van der Waals surface area contributed by atoms with Gasteiger partial charge in [-0.25, -0.2) is 4.68 Å². The molecule has 2 aromatic rings. The second-order valence-electron chi connectivity index (χ2n) is 8.73. The summed E-state index contributed by atoms with van der Waals surface area (Å²) in [5.41, 5.74) is 1.28. The summed E-state index contributed by atoms with van der Waals surface area (Å²) in [6.07, 6.45) is 14.8. The SMILES string of the molecule is O=C(CCCc1ccccc1)Nc1ccnn1C1CCN(CC2CC=CCC2)CC1. The number of hydrogen-bond acceptors (Lipinski definition) is 3. The van der Waals surface area contributed by atoms with Crippen LogP contribution in [-0.4, -0.2) is 40.2 Å². The average molecular weight is 407 g/mol. The number of amides is 1. The van der Waals surface area contributed by atoms with Gasteiger partial charge in [-0.3, -0.25) is 4.79 Å². The summed E-state index contributed by atoms with van der Waals surface area (Å²) in [4.78, 5) is 15.1. The maximum atomic E-state index is 12.4. The minimum Gasteiger partial charge on any atom is -0.311 e. The van der Waals surface area contributed by atoms with Crippen molar-refractivity contribution >= 4 is 11.7 Å². The van der Waals surface area contributed by atoms with Crippen LogP contribution < -0.4 is 5.32 Å². The summed E-state index contributed by atoms with van der Waals surface area (Å²) in [6.45, 7) is 3.46. The monoisotopic (exact) mass is 406 g/mol. The van der Waals surface area contributed by atoms with Gasteiger partial charge in [-0.15, -0.1) is 0 Å². The molecule has 160 valence electrons. The first kappa shape index (κ1) is 20.9. The normalized spacial score (nSPS) is 20.3. The first-order valence-electron chi connectivity index (χ1n) is 11.5. The highest BCUT2D eigenvalue weighted by Crippen LogP contribution is 2.27. The van der Waals surface area contributed by atoms with Crippen molar-refractivity contribution in [2.75, 3.05) is 25.0 Å². The van der Waals surface area contributed by atoms with E-state index in [0.29, 0.717) is 12.5 Å². The second-order valence-corrected chi connectivity index (χ2v) is 8.73. The number of allylic oxidation sites excluding steroid dienone is 2. The van der Waals surface area contributed by atoms with E-state index in [1.165, 1.54) is 31.4 Å². The number of nitrogens with zero attached hydrogens (tertiary/aromatic N) is 3. The fourth-order valence-corrected chi connectivity index (χ4v) is 4.74. The summed E-state index contributed by atoms with van der Waals surface area (Å²) in [6, 6.07) is 12.7. The number of carbonyl (C=O) groups excluding carboxylic acids is 1. The van der Waals surface area contributed by atoms with Crippen LogP contribution in [0.25, 0.3) is 0 Å². The Hall–Kier alpha value is -2.40. The lowest BCUT2D eigenvalue weighted by molar-refractivity contribution is -0.116. The fraction of sp³-hybridized carbons (Fsp3) is 0.520. The zero-order valence-electron chi connectivity index (χ0n) is 17.9. The molecule has 2 heterocycles. The summed E-state index contributed by atoms with van der Waals surface area (Å²) >= 11 is 0. The van der Waals surface area contributed by atoms with Gasteiger partial charge in [0.15, 0.2) is 0 Å². The third-order valence-corrected chi connectivity index (χ3v) is 6.45. The predicted molar refractivity (Wildman–Crippen MR) is 121 cm³/mol. The Morgan fingerprint density at radius 1 is 1.07 bits per heavy atom. The fourth-order valence-electron chi connectivity index (χ4n) is 4.74. The van der Waals surface area contributed by atoms with Gasteiger partial charge in [-0.1, -0.05) is 42.5 Å². The molecule has 1 fully saturated rings. The Labute approximate surface area is 180 Å². The Morgan fingerprint density at radius 2 is 1.90 bits per heavy atom. The molecule has 0 spiro atoms. The smallest absolute Gasteiger partial charge is 0.225 e. The van der Waals surface area contributed by atoms with Crippen molar-refractivity contribution in [1.82, 2.24) is 14.7 Å². The molecule has 1 atom stereocenters. The number of anilines is 1. The molecule has 1 aliphatic carbocycles. The van der Waals surface area contributed by atoms with E-state index in [0.717, 1.165) is 50.5 Å². The van der Waals surface area contributed by atoms with E-state index in [9.17, 15) is 4.79 Å². The van der Waals surface area contributed by atoms with Crippen LogP contribution >= 0.6 is 0 Å². The molecule has 1 aromatic heterocycles. The molecular formula is C25H34N4O. The second kappa shape index (κ2) is 10.6. The zero-order valence-corrected chi connectivity index (χ0v) is 17.9. The highest BCUT2D eigenvalue weighted by molar-refractivity contribution is 5.89. The maximum Gasteiger partial charge on any atom is 0.225 e. The largest absolute Gasteiger partial charge is 0.311 e. The molecular weight excluding hydrogens is 372 g/mol. The van der Waals surface area contributed by atoms with Crippen LogP contribution in [0.15, 0.2) is 54.7 Å². The summed E-state index contributed by atoms with van der Waals surface area (Å²) in [5, 5.41) is 7.63. The van der Waals surface area contributed by atoms with E-state index in [4.69, 9.17) is 0 Å². The molecule has 0 saturated carbocycles. The van der Waals surface area contributed by atoms with Crippen LogP contribution in [0.3, 0.4) is 0 Å². The van der Waals surface area contributed by atoms with Gasteiger partial charge in [0.25, 0.3) is 0 Å². The first-order valence-corrected chi connectivity index (χ1v) is 11.5. The highest BCUT2D eigenvalue weighted by atomic mass is 16.1. The molecule has 5 nitrogen and oxygen atoms in total. The van der Waals surface area contributed by atoms with Crippen LogP contribution in [0.5, 0.6) is 0 Å². The standard InChI is InChI=1S/C25H34N4O/c30-25(13-7-12-21-8-3-1-4-9-21)27-24-14-17-26-29(24)23-15-18-28(19-16-23)20-22-10-5-2-6-11-22/h1-5,8-9,14,17,22-23H,6-7,10-13,15-16,18-20H2,(H,27,30). The summed E-state index contributed by atoms with van der Waals surface area (Å²) in [5.74, 6) is 1.74. The lowest BCUT2D eigenvalue weighted by Crippen LogP contribution is -2.38. The van der Waals surface area contributed by atoms with Crippen LogP contribution in [0.2, 0.25) is 0 Å². The number of nitrogens with one attached hydrogen (secondary N) is 1. The molecule has 0 radical (unpaired) electrons. The van der Waals surface area contributed by atoms with E-state index in [1.807, 2.05) is 28.9 Å². The van der Waals surface area contributed by atoms with Gasteiger partial charge in [0.1, 0.15) is 5.82 Å². The zero-order chi connectivity index (χ0) is 20.6. The Morgan fingerprint density at radius 3 is 2.67 bits per heavy atom. The average Bonchev–Trinajstić information content (AvgIpc) is 3.24. The summed E-state index contributed by atoms with van der Waals surface area (Å²) in [7, 11) is 0. The lowest BCUT2D eigenvalue weighted by Gasteiger charge is -2.35. The van der Waals surface area contributed by atoms with E-state index in [-0.39, 0.29) is 5.91 Å². The van der Waals surface area contributed by atoms with E-state index in [1.54, 1.807) is 6.20 Å². The first-order chi connectivity index (χ1) is 14.8. The number of benzene rings is 1. The third-order valence-electron chi connectivity index (χ3n) is 6.45. The summed E-state index contributed by atoms with van der Waals surface area (Å²) < 4.78 is 2.04. The molecule has 0 bridgehead atoms. The van der Waals surface area contributed by atoms with E-state index >= 15 is 0 Å². The van der Waals surface area contributed by atoms with Crippen LogP contribution in [0, 0.1) is 5.92 Å². The number of rotatable bonds is 8. The van der Waals surface area contributed by atoms with Crippen molar-refractivity contribution in [1.29, 1.82) is 0 Å².